The Labute approximate surface area is 174 Å². The van der Waals surface area contributed by atoms with E-state index in [2.05, 4.69) is 6.92 Å². The van der Waals surface area contributed by atoms with Crippen molar-refractivity contribution in [3.8, 4) is 11.1 Å². The molecule has 0 fully saturated rings. The minimum absolute atomic E-state index is 0.168. The lowest BCUT2D eigenvalue weighted by Gasteiger charge is -2.26. The molecule has 0 amide bonds. The Morgan fingerprint density at radius 3 is 2.37 bits per heavy atom. The summed E-state index contributed by atoms with van der Waals surface area (Å²) in [6, 6.07) is 12.6. The highest BCUT2D eigenvalue weighted by atomic mass is 19.2. The second kappa shape index (κ2) is 8.63. The summed E-state index contributed by atoms with van der Waals surface area (Å²) in [6.45, 7) is 2.05. The first-order chi connectivity index (χ1) is 14.5. The van der Waals surface area contributed by atoms with Crippen molar-refractivity contribution in [3.05, 3.63) is 94.1 Å². The van der Waals surface area contributed by atoms with Gasteiger partial charge in [0.2, 0.25) is 0 Å². The van der Waals surface area contributed by atoms with Gasteiger partial charge >= 0.3 is 0 Å². The molecule has 0 bridgehead atoms. The highest BCUT2D eigenvalue weighted by Gasteiger charge is 2.26. The third kappa shape index (κ3) is 4.00. The Bertz CT molecular complexity index is 1050. The summed E-state index contributed by atoms with van der Waals surface area (Å²) in [5.74, 6) is -2.90. The minimum Gasteiger partial charge on any atom is -0.207 e. The van der Waals surface area contributed by atoms with Gasteiger partial charge in [-0.3, -0.25) is 0 Å². The standard InChI is InChI=1S/C26H24F4/c1-2-3-5-16-12-23(28)25(24(29)13-16)20-11-9-17-14-19(10-8-18(17)15-20)21-6-4-7-22(27)26(21)30/h4,6-8,10,12-14,20H,2-3,5,9,11,15H2,1H3. The third-order valence-electron chi connectivity index (χ3n) is 6.06. The fraction of sp³-hybridized carbons (Fsp3) is 0.308. The highest BCUT2D eigenvalue weighted by molar-refractivity contribution is 5.66. The molecule has 0 N–H and O–H groups in total. The maximum Gasteiger partial charge on any atom is 0.166 e. The largest absolute Gasteiger partial charge is 0.207 e. The van der Waals surface area contributed by atoms with Crippen LogP contribution in [0.4, 0.5) is 17.6 Å². The molecule has 1 unspecified atom stereocenters. The molecule has 4 heteroatoms. The number of rotatable bonds is 5. The van der Waals surface area contributed by atoms with Gasteiger partial charge in [-0.2, -0.15) is 0 Å². The lowest BCUT2D eigenvalue weighted by molar-refractivity contribution is 0.489. The van der Waals surface area contributed by atoms with Crippen molar-refractivity contribution in [1.29, 1.82) is 0 Å². The van der Waals surface area contributed by atoms with E-state index in [0.717, 1.165) is 30.0 Å². The fourth-order valence-electron chi connectivity index (χ4n) is 4.45. The molecule has 3 aromatic carbocycles. The van der Waals surface area contributed by atoms with Crippen LogP contribution in [-0.2, 0) is 19.3 Å². The molecule has 0 aromatic heterocycles. The van der Waals surface area contributed by atoms with E-state index in [4.69, 9.17) is 0 Å². The van der Waals surface area contributed by atoms with Crippen LogP contribution in [0.5, 0.6) is 0 Å². The summed E-state index contributed by atoms with van der Waals surface area (Å²) in [7, 11) is 0. The summed E-state index contributed by atoms with van der Waals surface area (Å²) in [5.41, 5.74) is 3.73. The van der Waals surface area contributed by atoms with E-state index in [1.807, 2.05) is 12.1 Å². The van der Waals surface area contributed by atoms with Gasteiger partial charge in [0.25, 0.3) is 0 Å². The Morgan fingerprint density at radius 1 is 0.867 bits per heavy atom. The van der Waals surface area contributed by atoms with Crippen molar-refractivity contribution in [2.24, 2.45) is 0 Å². The molecule has 3 aromatic rings. The van der Waals surface area contributed by atoms with Crippen LogP contribution in [0.1, 0.15) is 54.4 Å². The molecule has 30 heavy (non-hydrogen) atoms. The minimum atomic E-state index is -0.876. The topological polar surface area (TPSA) is 0 Å². The summed E-state index contributed by atoms with van der Waals surface area (Å²) in [5, 5.41) is 0. The molecule has 0 nitrogen and oxygen atoms in total. The maximum atomic E-state index is 14.7. The van der Waals surface area contributed by atoms with Gasteiger partial charge in [-0.15, -0.1) is 0 Å². The Morgan fingerprint density at radius 2 is 1.63 bits per heavy atom. The predicted molar refractivity (Wildman–Crippen MR) is 112 cm³/mol. The maximum absolute atomic E-state index is 14.7. The van der Waals surface area contributed by atoms with Gasteiger partial charge in [0, 0.05) is 11.1 Å². The van der Waals surface area contributed by atoms with E-state index in [1.165, 1.54) is 18.2 Å². The molecular weight excluding hydrogens is 388 g/mol. The molecule has 0 saturated heterocycles. The van der Waals surface area contributed by atoms with Crippen LogP contribution in [-0.4, -0.2) is 0 Å². The van der Waals surface area contributed by atoms with Crippen molar-refractivity contribution >= 4 is 0 Å². The van der Waals surface area contributed by atoms with Crippen LogP contribution in [0.3, 0.4) is 0 Å². The molecule has 0 spiro atoms. The van der Waals surface area contributed by atoms with Crippen LogP contribution in [0, 0.1) is 23.3 Å². The molecule has 0 saturated carbocycles. The summed E-state index contributed by atoms with van der Waals surface area (Å²) in [6.07, 6.45) is 4.35. The third-order valence-corrected chi connectivity index (χ3v) is 6.06. The average Bonchev–Trinajstić information content (AvgIpc) is 2.73. The van der Waals surface area contributed by atoms with E-state index in [9.17, 15) is 17.6 Å². The molecule has 1 atom stereocenters. The van der Waals surface area contributed by atoms with Gasteiger partial charge in [0.1, 0.15) is 11.6 Å². The van der Waals surface area contributed by atoms with Crippen molar-refractivity contribution in [2.75, 3.05) is 0 Å². The monoisotopic (exact) mass is 412 g/mol. The lowest BCUT2D eigenvalue weighted by atomic mass is 9.78. The van der Waals surface area contributed by atoms with E-state index in [0.29, 0.717) is 36.8 Å². The van der Waals surface area contributed by atoms with Crippen LogP contribution < -0.4 is 0 Å². The first-order valence-electron chi connectivity index (χ1n) is 10.5. The second-order valence-corrected chi connectivity index (χ2v) is 8.10. The molecular formula is C26H24F4. The number of halogens is 4. The zero-order valence-electron chi connectivity index (χ0n) is 17.0. The quantitative estimate of drug-likeness (QED) is 0.380. The van der Waals surface area contributed by atoms with E-state index < -0.39 is 23.3 Å². The van der Waals surface area contributed by atoms with Crippen molar-refractivity contribution in [3.63, 3.8) is 0 Å². The summed E-state index contributed by atoms with van der Waals surface area (Å²) >= 11 is 0. The van der Waals surface area contributed by atoms with Gasteiger partial charge in [-0.05, 0) is 78.5 Å². The number of benzene rings is 3. The van der Waals surface area contributed by atoms with Crippen LogP contribution in [0.2, 0.25) is 0 Å². The van der Waals surface area contributed by atoms with Crippen molar-refractivity contribution in [2.45, 2.75) is 51.4 Å². The predicted octanol–water partition coefficient (Wildman–Crippen LogP) is 7.53. The van der Waals surface area contributed by atoms with Gasteiger partial charge in [0.05, 0.1) is 0 Å². The van der Waals surface area contributed by atoms with Crippen molar-refractivity contribution < 1.29 is 17.6 Å². The lowest BCUT2D eigenvalue weighted by Crippen LogP contribution is -2.16. The highest BCUT2D eigenvalue weighted by Crippen LogP contribution is 2.37. The van der Waals surface area contributed by atoms with Crippen LogP contribution in [0.25, 0.3) is 11.1 Å². The van der Waals surface area contributed by atoms with E-state index in [1.54, 1.807) is 12.1 Å². The number of hydrogen-bond acceptors (Lipinski definition) is 0. The zero-order valence-corrected chi connectivity index (χ0v) is 17.0. The Kier molecular flexibility index (Phi) is 5.94. The molecule has 0 radical (unpaired) electrons. The Hall–Kier alpha value is -2.62. The van der Waals surface area contributed by atoms with Crippen LogP contribution >= 0.6 is 0 Å². The first kappa shape index (κ1) is 20.6. The fourth-order valence-corrected chi connectivity index (χ4v) is 4.45. The van der Waals surface area contributed by atoms with E-state index >= 15 is 0 Å². The normalized spacial score (nSPS) is 15.8. The van der Waals surface area contributed by atoms with Gasteiger partial charge in [-0.25, -0.2) is 17.6 Å². The SMILES string of the molecule is CCCCc1cc(F)c(C2CCc3cc(-c4cccc(F)c4F)ccc3C2)c(F)c1. The summed E-state index contributed by atoms with van der Waals surface area (Å²) in [4.78, 5) is 0. The zero-order chi connectivity index (χ0) is 21.3. The average molecular weight is 412 g/mol. The molecule has 1 aliphatic rings. The van der Waals surface area contributed by atoms with Gasteiger partial charge < -0.3 is 0 Å². The summed E-state index contributed by atoms with van der Waals surface area (Å²) < 4.78 is 57.2. The molecule has 0 heterocycles. The smallest absolute Gasteiger partial charge is 0.166 e. The molecule has 4 rings (SSSR count). The number of fused-ring (bicyclic) bond motifs is 1. The number of aryl methyl sites for hydroxylation is 2. The molecule has 1 aliphatic carbocycles. The number of hydrogen-bond donors (Lipinski definition) is 0. The van der Waals surface area contributed by atoms with Gasteiger partial charge in [-0.1, -0.05) is 43.7 Å². The second-order valence-electron chi connectivity index (χ2n) is 8.10. The van der Waals surface area contributed by atoms with Gasteiger partial charge in [0.15, 0.2) is 11.6 Å². The number of unbranched alkanes of at least 4 members (excludes halogenated alkanes) is 1. The first-order valence-corrected chi connectivity index (χ1v) is 10.5. The van der Waals surface area contributed by atoms with Crippen molar-refractivity contribution in [1.82, 2.24) is 0 Å². The van der Waals surface area contributed by atoms with Crippen LogP contribution in [0.15, 0.2) is 48.5 Å². The Balaban J connectivity index is 1.60. The molecule has 0 aliphatic heterocycles. The molecule has 156 valence electrons. The van der Waals surface area contributed by atoms with E-state index in [-0.39, 0.29) is 17.0 Å².